The van der Waals surface area contributed by atoms with Gasteiger partial charge in [0.2, 0.25) is 0 Å². The molecular formula is C16H13F2Zr. The van der Waals surface area contributed by atoms with Crippen LogP contribution in [0.3, 0.4) is 0 Å². The topological polar surface area (TPSA) is 0 Å². The Morgan fingerprint density at radius 1 is 0.895 bits per heavy atom. The average Bonchev–Trinajstić information content (AvgIpc) is 2.80. The minimum atomic E-state index is -2.77. The summed E-state index contributed by atoms with van der Waals surface area (Å²) in [5, 5.41) is 0. The molecule has 1 radical (unpaired) electrons. The van der Waals surface area contributed by atoms with Crippen LogP contribution < -0.4 is 0 Å². The van der Waals surface area contributed by atoms with Crippen molar-refractivity contribution in [2.75, 3.05) is 0 Å². The van der Waals surface area contributed by atoms with E-state index in [1.165, 1.54) is 27.8 Å². The van der Waals surface area contributed by atoms with Crippen LogP contribution in [-0.2, 0) is 24.5 Å². The first-order valence-electron chi connectivity index (χ1n) is 5.94. The second kappa shape index (κ2) is 6.91. The predicted octanol–water partition coefficient (Wildman–Crippen LogP) is 5.16. The summed E-state index contributed by atoms with van der Waals surface area (Å²) in [6, 6.07) is 17.1. The zero-order valence-electron chi connectivity index (χ0n) is 10.5. The molecule has 1 aliphatic rings. The summed E-state index contributed by atoms with van der Waals surface area (Å²) < 4.78 is 19.6. The third-order valence-electron chi connectivity index (χ3n) is 2.98. The molecule has 0 spiro atoms. The van der Waals surface area contributed by atoms with Gasteiger partial charge in [-0.3, -0.25) is 0 Å². The molecule has 3 heteroatoms. The molecule has 0 saturated heterocycles. The maximum atomic E-state index is 9.80. The summed E-state index contributed by atoms with van der Waals surface area (Å²) in [5.74, 6) is 0. The van der Waals surface area contributed by atoms with E-state index in [4.69, 9.17) is 0 Å². The Labute approximate surface area is 125 Å². The van der Waals surface area contributed by atoms with Gasteiger partial charge in [0.1, 0.15) is 0 Å². The maximum absolute atomic E-state index is 9.80. The molecule has 2 aromatic carbocycles. The zero-order chi connectivity index (χ0) is 13.7. The summed E-state index contributed by atoms with van der Waals surface area (Å²) in [7, 11) is 0. The van der Waals surface area contributed by atoms with E-state index in [9.17, 15) is 5.25 Å². The fourth-order valence-electron chi connectivity index (χ4n) is 2.25. The normalized spacial score (nSPS) is 12.1. The molecule has 0 atom stereocenters. The molecule has 0 nitrogen and oxygen atoms in total. The van der Waals surface area contributed by atoms with Gasteiger partial charge in [-0.2, -0.15) is 0 Å². The van der Waals surface area contributed by atoms with Crippen molar-refractivity contribution in [3.05, 3.63) is 71.7 Å². The Bertz CT molecular complexity index is 577. The quantitative estimate of drug-likeness (QED) is 0.676. The van der Waals surface area contributed by atoms with Crippen LogP contribution in [0, 0.1) is 6.42 Å². The first-order valence-corrected chi connectivity index (χ1v) is 7.80. The van der Waals surface area contributed by atoms with Crippen LogP contribution in [0.15, 0.2) is 54.1 Å². The van der Waals surface area contributed by atoms with Gasteiger partial charge < -0.3 is 0 Å². The van der Waals surface area contributed by atoms with Crippen molar-refractivity contribution >= 4 is 6.08 Å². The van der Waals surface area contributed by atoms with Gasteiger partial charge in [-0.15, -0.1) is 0 Å². The molecule has 0 N–H and O–H groups in total. The number of fused-ring (bicyclic) bond motifs is 1. The minimum absolute atomic E-state index is 1.29. The Kier molecular flexibility index (Phi) is 5.21. The molecule has 3 rings (SSSR count). The van der Waals surface area contributed by atoms with Crippen molar-refractivity contribution in [3.63, 3.8) is 0 Å². The Balaban J connectivity index is 0.000000408. The molecule has 0 amide bonds. The number of rotatable bonds is 1. The second-order valence-corrected chi connectivity index (χ2v) is 4.63. The first-order chi connectivity index (χ1) is 9.26. The van der Waals surface area contributed by atoms with Crippen LogP contribution in [0.1, 0.15) is 18.1 Å². The van der Waals surface area contributed by atoms with Crippen molar-refractivity contribution in [1.29, 1.82) is 0 Å². The summed E-state index contributed by atoms with van der Waals surface area (Å²) in [6.45, 7) is 2.15. The van der Waals surface area contributed by atoms with E-state index in [0.29, 0.717) is 0 Å². The molecule has 1 aliphatic carbocycles. The number of hydrogen-bond donors (Lipinski definition) is 0. The van der Waals surface area contributed by atoms with E-state index in [1.54, 1.807) is 0 Å². The SMILES string of the molecule is CC1=Cc2c(cccc2-c2ccccc2)[CH]1.[F][Zr][F]. The molecular weight excluding hydrogens is 321 g/mol. The van der Waals surface area contributed by atoms with Crippen molar-refractivity contribution in [3.8, 4) is 11.1 Å². The molecule has 0 aliphatic heterocycles. The van der Waals surface area contributed by atoms with E-state index in [0.717, 1.165) is 0 Å². The van der Waals surface area contributed by atoms with E-state index in [-0.39, 0.29) is 0 Å². The van der Waals surface area contributed by atoms with Gasteiger partial charge in [0.05, 0.1) is 0 Å². The van der Waals surface area contributed by atoms with E-state index in [1.807, 2.05) is 0 Å². The summed E-state index contributed by atoms with van der Waals surface area (Å²) in [5.41, 5.74) is 6.63. The molecule has 2 aromatic rings. The van der Waals surface area contributed by atoms with Crippen LogP contribution >= 0.6 is 0 Å². The summed E-state index contributed by atoms with van der Waals surface area (Å²) in [4.78, 5) is 0. The van der Waals surface area contributed by atoms with E-state index >= 15 is 0 Å². The molecule has 0 saturated carbocycles. The number of benzene rings is 2. The molecule has 95 valence electrons. The van der Waals surface area contributed by atoms with Crippen LogP contribution in [0.4, 0.5) is 5.25 Å². The monoisotopic (exact) mass is 333 g/mol. The van der Waals surface area contributed by atoms with Crippen molar-refractivity contribution < 1.29 is 29.7 Å². The first kappa shape index (κ1) is 14.3. The van der Waals surface area contributed by atoms with Crippen molar-refractivity contribution in [1.82, 2.24) is 0 Å². The van der Waals surface area contributed by atoms with Gasteiger partial charge in [0.25, 0.3) is 0 Å². The fourth-order valence-corrected chi connectivity index (χ4v) is 2.25. The Hall–Kier alpha value is -1.08. The van der Waals surface area contributed by atoms with Crippen LogP contribution in [0.25, 0.3) is 17.2 Å². The fraction of sp³-hybridized carbons (Fsp3) is 0.0625. The van der Waals surface area contributed by atoms with E-state index in [2.05, 4.69) is 68.0 Å². The Morgan fingerprint density at radius 2 is 1.58 bits per heavy atom. The molecule has 0 fully saturated rings. The van der Waals surface area contributed by atoms with Gasteiger partial charge >= 0.3 is 29.7 Å². The van der Waals surface area contributed by atoms with Gasteiger partial charge in [-0.05, 0) is 29.2 Å². The third-order valence-corrected chi connectivity index (χ3v) is 2.98. The second-order valence-electron chi connectivity index (χ2n) is 4.28. The van der Waals surface area contributed by atoms with Gasteiger partial charge in [-0.1, -0.05) is 60.2 Å². The summed E-state index contributed by atoms with van der Waals surface area (Å²) >= 11 is -2.77. The molecule has 0 aromatic heterocycles. The molecule has 19 heavy (non-hydrogen) atoms. The number of allylic oxidation sites excluding steroid dienone is 1. The Morgan fingerprint density at radius 3 is 2.26 bits per heavy atom. The molecule has 0 bridgehead atoms. The van der Waals surface area contributed by atoms with Crippen LogP contribution in [0.2, 0.25) is 0 Å². The van der Waals surface area contributed by atoms with Gasteiger partial charge in [-0.25, -0.2) is 0 Å². The van der Waals surface area contributed by atoms with Gasteiger partial charge in [0.15, 0.2) is 0 Å². The number of halogens is 2. The zero-order valence-corrected chi connectivity index (χ0v) is 13.0. The standard InChI is InChI=1S/C16H13.2FH.Zr/c1-12-10-14-8-5-9-15(16(14)11-12)13-6-3-2-4-7-13;;;/h2-11H,1H3;2*1H;/q;;;+2/p-2. The van der Waals surface area contributed by atoms with Crippen LogP contribution in [0.5, 0.6) is 0 Å². The summed E-state index contributed by atoms with van der Waals surface area (Å²) in [6.07, 6.45) is 4.50. The van der Waals surface area contributed by atoms with Crippen molar-refractivity contribution in [2.24, 2.45) is 0 Å². The average molecular weight is 334 g/mol. The van der Waals surface area contributed by atoms with Crippen molar-refractivity contribution in [2.45, 2.75) is 6.92 Å². The van der Waals surface area contributed by atoms with Gasteiger partial charge in [0, 0.05) is 6.42 Å². The number of hydrogen-bond acceptors (Lipinski definition) is 0. The molecule has 0 heterocycles. The predicted molar refractivity (Wildman–Crippen MR) is 71.1 cm³/mol. The van der Waals surface area contributed by atoms with E-state index < -0.39 is 24.5 Å². The third kappa shape index (κ3) is 3.48. The molecule has 0 unspecified atom stereocenters. The van der Waals surface area contributed by atoms with Crippen LogP contribution in [-0.4, -0.2) is 0 Å².